The maximum atomic E-state index is 12.6. The van der Waals surface area contributed by atoms with Gasteiger partial charge in [0.05, 0.1) is 11.4 Å². The highest BCUT2D eigenvalue weighted by Gasteiger charge is 2.26. The Balaban J connectivity index is 3.00. The smallest absolute Gasteiger partial charge is 0.244 e. The van der Waals surface area contributed by atoms with Crippen LogP contribution in [0.15, 0.2) is 4.90 Å². The quantitative estimate of drug-likeness (QED) is 0.761. The SMILES string of the molecule is Cc1nn(CCCN)c(C)c1S(=O)(=O)NC(C)CC(C)C. The molecule has 3 N–H and O–H groups in total. The minimum atomic E-state index is -3.54. The Bertz CT molecular complexity index is 564. The second-order valence-corrected chi connectivity index (χ2v) is 7.67. The lowest BCUT2D eigenvalue weighted by Gasteiger charge is -2.16. The van der Waals surface area contributed by atoms with E-state index in [1.54, 1.807) is 18.5 Å². The van der Waals surface area contributed by atoms with Gasteiger partial charge in [-0.25, -0.2) is 13.1 Å². The van der Waals surface area contributed by atoms with Crippen molar-refractivity contribution in [3.63, 3.8) is 0 Å². The number of aryl methyl sites for hydroxylation is 2. The van der Waals surface area contributed by atoms with Gasteiger partial charge < -0.3 is 5.73 Å². The van der Waals surface area contributed by atoms with Gasteiger partial charge in [-0.2, -0.15) is 5.10 Å². The molecule has 1 aromatic heterocycles. The van der Waals surface area contributed by atoms with Crippen molar-refractivity contribution in [2.75, 3.05) is 6.54 Å². The van der Waals surface area contributed by atoms with Crippen molar-refractivity contribution in [2.24, 2.45) is 11.7 Å². The van der Waals surface area contributed by atoms with Crippen LogP contribution in [-0.2, 0) is 16.6 Å². The molecule has 1 heterocycles. The van der Waals surface area contributed by atoms with E-state index in [1.807, 2.05) is 6.92 Å². The number of hydrogen-bond donors (Lipinski definition) is 2. The molecule has 0 aliphatic carbocycles. The van der Waals surface area contributed by atoms with Gasteiger partial charge in [0.25, 0.3) is 0 Å². The van der Waals surface area contributed by atoms with Crippen molar-refractivity contribution in [1.82, 2.24) is 14.5 Å². The van der Waals surface area contributed by atoms with E-state index in [-0.39, 0.29) is 6.04 Å². The summed E-state index contributed by atoms with van der Waals surface area (Å²) in [6.07, 6.45) is 1.58. The Hall–Kier alpha value is -0.920. The highest BCUT2D eigenvalue weighted by molar-refractivity contribution is 7.89. The molecule has 1 rings (SSSR count). The van der Waals surface area contributed by atoms with E-state index in [1.165, 1.54) is 0 Å². The molecule has 0 saturated heterocycles. The number of sulfonamides is 1. The second kappa shape index (κ2) is 7.38. The van der Waals surface area contributed by atoms with Crippen LogP contribution >= 0.6 is 0 Å². The average molecular weight is 316 g/mol. The molecule has 1 atom stereocenters. The zero-order chi connectivity index (χ0) is 16.2. The third kappa shape index (κ3) is 4.79. The first-order chi connectivity index (χ1) is 9.69. The van der Waals surface area contributed by atoms with Crippen LogP contribution in [0.4, 0.5) is 0 Å². The zero-order valence-corrected chi connectivity index (χ0v) is 14.5. The first-order valence-corrected chi connectivity index (χ1v) is 8.93. The Morgan fingerprint density at radius 1 is 1.29 bits per heavy atom. The number of hydrogen-bond acceptors (Lipinski definition) is 4. The van der Waals surface area contributed by atoms with Crippen LogP contribution < -0.4 is 10.5 Å². The third-order valence-corrected chi connectivity index (χ3v) is 5.18. The van der Waals surface area contributed by atoms with Crippen LogP contribution in [0, 0.1) is 19.8 Å². The summed E-state index contributed by atoms with van der Waals surface area (Å²) in [5, 5.41) is 4.32. The molecule has 0 bridgehead atoms. The normalized spacial score (nSPS) is 13.9. The highest BCUT2D eigenvalue weighted by Crippen LogP contribution is 2.20. The molecule has 122 valence electrons. The molecular formula is C14H28N4O2S. The number of aromatic nitrogens is 2. The van der Waals surface area contributed by atoms with E-state index in [0.29, 0.717) is 35.3 Å². The van der Waals surface area contributed by atoms with Crippen LogP contribution in [0.25, 0.3) is 0 Å². The number of nitrogens with zero attached hydrogens (tertiary/aromatic N) is 2. The number of nitrogens with one attached hydrogen (secondary N) is 1. The van der Waals surface area contributed by atoms with Crippen molar-refractivity contribution in [3.05, 3.63) is 11.4 Å². The summed E-state index contributed by atoms with van der Waals surface area (Å²) in [6, 6.07) is -0.0961. The summed E-state index contributed by atoms with van der Waals surface area (Å²) in [5.74, 6) is 0.442. The van der Waals surface area contributed by atoms with Crippen LogP contribution in [0.1, 0.15) is 45.0 Å². The molecule has 21 heavy (non-hydrogen) atoms. The maximum absolute atomic E-state index is 12.6. The van der Waals surface area contributed by atoms with E-state index in [4.69, 9.17) is 5.73 Å². The third-order valence-electron chi connectivity index (χ3n) is 3.34. The fourth-order valence-electron chi connectivity index (χ4n) is 2.61. The van der Waals surface area contributed by atoms with Crippen molar-refractivity contribution in [3.8, 4) is 0 Å². The van der Waals surface area contributed by atoms with Gasteiger partial charge in [-0.15, -0.1) is 0 Å². The summed E-state index contributed by atoms with van der Waals surface area (Å²) in [6.45, 7) is 10.8. The minimum Gasteiger partial charge on any atom is -0.330 e. The average Bonchev–Trinajstić information content (AvgIpc) is 2.60. The van der Waals surface area contributed by atoms with Crippen LogP contribution in [0.2, 0.25) is 0 Å². The topological polar surface area (TPSA) is 90.0 Å². The molecule has 1 unspecified atom stereocenters. The van der Waals surface area contributed by atoms with Gasteiger partial charge in [-0.05, 0) is 46.1 Å². The number of rotatable bonds is 8. The summed E-state index contributed by atoms with van der Waals surface area (Å²) in [5.41, 5.74) is 6.70. The molecule has 1 aromatic rings. The molecule has 0 radical (unpaired) electrons. The Morgan fingerprint density at radius 2 is 1.90 bits per heavy atom. The predicted molar refractivity (Wildman–Crippen MR) is 84.6 cm³/mol. The lowest BCUT2D eigenvalue weighted by atomic mass is 10.1. The summed E-state index contributed by atoms with van der Waals surface area (Å²) in [7, 11) is -3.54. The van der Waals surface area contributed by atoms with Crippen molar-refractivity contribution >= 4 is 10.0 Å². The zero-order valence-electron chi connectivity index (χ0n) is 13.7. The highest BCUT2D eigenvalue weighted by atomic mass is 32.2. The summed E-state index contributed by atoms with van der Waals surface area (Å²) in [4.78, 5) is 0.301. The molecule has 0 fully saturated rings. The molecule has 7 heteroatoms. The standard InChI is InChI=1S/C14H28N4O2S/c1-10(2)9-11(3)17-21(19,20)14-12(4)16-18(13(14)5)8-6-7-15/h10-11,17H,6-9,15H2,1-5H3. The molecule has 0 amide bonds. The Labute approximate surface area is 128 Å². The lowest BCUT2D eigenvalue weighted by Crippen LogP contribution is -2.34. The molecule has 0 aromatic carbocycles. The molecule has 0 aliphatic rings. The predicted octanol–water partition coefficient (Wildman–Crippen LogP) is 1.56. The fourth-order valence-corrected chi connectivity index (χ4v) is 4.27. The van der Waals surface area contributed by atoms with Gasteiger partial charge in [-0.3, -0.25) is 4.68 Å². The van der Waals surface area contributed by atoms with Gasteiger partial charge in [0.1, 0.15) is 4.90 Å². The van der Waals surface area contributed by atoms with Crippen LogP contribution in [-0.4, -0.2) is 30.8 Å². The van der Waals surface area contributed by atoms with Gasteiger partial charge in [0, 0.05) is 12.6 Å². The largest absolute Gasteiger partial charge is 0.330 e. The van der Waals surface area contributed by atoms with E-state index >= 15 is 0 Å². The van der Waals surface area contributed by atoms with Gasteiger partial charge in [0.15, 0.2) is 0 Å². The van der Waals surface area contributed by atoms with E-state index in [2.05, 4.69) is 23.7 Å². The van der Waals surface area contributed by atoms with E-state index in [9.17, 15) is 8.42 Å². The molecule has 0 aliphatic heterocycles. The minimum absolute atomic E-state index is 0.0961. The van der Waals surface area contributed by atoms with Gasteiger partial charge >= 0.3 is 0 Å². The second-order valence-electron chi connectivity index (χ2n) is 6.02. The number of nitrogens with two attached hydrogens (primary N) is 1. The Morgan fingerprint density at radius 3 is 2.43 bits per heavy atom. The van der Waals surface area contributed by atoms with E-state index < -0.39 is 10.0 Å². The van der Waals surface area contributed by atoms with Crippen molar-refractivity contribution in [2.45, 2.75) is 64.9 Å². The van der Waals surface area contributed by atoms with Crippen LogP contribution in [0.3, 0.4) is 0 Å². The maximum Gasteiger partial charge on any atom is 0.244 e. The molecule has 0 saturated carbocycles. The van der Waals surface area contributed by atoms with Crippen molar-refractivity contribution < 1.29 is 8.42 Å². The monoisotopic (exact) mass is 316 g/mol. The van der Waals surface area contributed by atoms with E-state index in [0.717, 1.165) is 12.8 Å². The lowest BCUT2D eigenvalue weighted by molar-refractivity contribution is 0.482. The van der Waals surface area contributed by atoms with Gasteiger partial charge in [-0.1, -0.05) is 13.8 Å². The van der Waals surface area contributed by atoms with Gasteiger partial charge in [0.2, 0.25) is 10.0 Å². The first-order valence-electron chi connectivity index (χ1n) is 7.45. The molecule has 6 nitrogen and oxygen atoms in total. The molecular weight excluding hydrogens is 288 g/mol. The van der Waals surface area contributed by atoms with Crippen LogP contribution in [0.5, 0.6) is 0 Å². The van der Waals surface area contributed by atoms with Crippen molar-refractivity contribution in [1.29, 1.82) is 0 Å². The molecule has 0 spiro atoms. The first kappa shape index (κ1) is 18.1. The summed E-state index contributed by atoms with van der Waals surface area (Å²) >= 11 is 0. The summed E-state index contributed by atoms with van der Waals surface area (Å²) < 4.78 is 29.6. The Kier molecular flexibility index (Phi) is 6.37. The fraction of sp³-hybridized carbons (Fsp3) is 0.786.